The summed E-state index contributed by atoms with van der Waals surface area (Å²) in [6.07, 6.45) is 3.86. The van der Waals surface area contributed by atoms with E-state index in [9.17, 15) is 4.79 Å². The van der Waals surface area contributed by atoms with E-state index in [1.807, 2.05) is 19.4 Å². The van der Waals surface area contributed by atoms with E-state index in [2.05, 4.69) is 34.8 Å². The largest absolute Gasteiger partial charge is 0.351 e. The van der Waals surface area contributed by atoms with E-state index in [0.29, 0.717) is 6.54 Å². The molecule has 0 aromatic carbocycles. The third kappa shape index (κ3) is 3.69. The SMILES string of the molecule is Cc1ccc(CNC(=O)[C@H]2CNC[C@@H]2c2cnn(C)c2)s1.Cl. The maximum atomic E-state index is 12.4. The summed E-state index contributed by atoms with van der Waals surface area (Å²) < 4.78 is 1.79. The molecule has 0 bridgehead atoms. The molecule has 0 saturated carbocycles. The smallest absolute Gasteiger partial charge is 0.225 e. The Morgan fingerprint density at radius 2 is 2.32 bits per heavy atom. The number of amides is 1. The lowest BCUT2D eigenvalue weighted by molar-refractivity contribution is -0.124. The van der Waals surface area contributed by atoms with E-state index in [1.54, 1.807) is 16.0 Å². The Kier molecular flexibility index (Phi) is 5.61. The van der Waals surface area contributed by atoms with Gasteiger partial charge < -0.3 is 10.6 Å². The van der Waals surface area contributed by atoms with Crippen LogP contribution in [0.25, 0.3) is 0 Å². The van der Waals surface area contributed by atoms with Gasteiger partial charge in [0.25, 0.3) is 0 Å². The summed E-state index contributed by atoms with van der Waals surface area (Å²) in [5.41, 5.74) is 1.13. The maximum absolute atomic E-state index is 12.4. The maximum Gasteiger partial charge on any atom is 0.225 e. The molecule has 1 fully saturated rings. The molecule has 7 heteroatoms. The van der Waals surface area contributed by atoms with E-state index in [4.69, 9.17) is 0 Å². The van der Waals surface area contributed by atoms with Crippen LogP contribution in [0, 0.1) is 12.8 Å². The minimum Gasteiger partial charge on any atom is -0.351 e. The number of carbonyl (C=O) groups is 1. The molecule has 1 aliphatic heterocycles. The van der Waals surface area contributed by atoms with Crippen LogP contribution >= 0.6 is 23.7 Å². The highest BCUT2D eigenvalue weighted by Crippen LogP contribution is 2.28. The van der Waals surface area contributed by atoms with E-state index in [0.717, 1.165) is 18.7 Å². The van der Waals surface area contributed by atoms with Crippen molar-refractivity contribution in [2.45, 2.75) is 19.4 Å². The van der Waals surface area contributed by atoms with Gasteiger partial charge in [0.1, 0.15) is 0 Å². The van der Waals surface area contributed by atoms with Crippen molar-refractivity contribution in [2.24, 2.45) is 13.0 Å². The highest BCUT2D eigenvalue weighted by molar-refractivity contribution is 7.11. The van der Waals surface area contributed by atoms with Crippen molar-refractivity contribution >= 4 is 29.7 Å². The zero-order valence-corrected chi connectivity index (χ0v) is 14.3. The number of nitrogens with one attached hydrogen (secondary N) is 2. The van der Waals surface area contributed by atoms with Crippen LogP contribution in [-0.2, 0) is 18.4 Å². The molecule has 2 aromatic rings. The highest BCUT2D eigenvalue weighted by atomic mass is 35.5. The summed E-state index contributed by atoms with van der Waals surface area (Å²) in [5.74, 6) is 0.318. The first-order valence-electron chi connectivity index (χ1n) is 7.16. The van der Waals surface area contributed by atoms with Gasteiger partial charge >= 0.3 is 0 Å². The summed E-state index contributed by atoms with van der Waals surface area (Å²) >= 11 is 1.73. The van der Waals surface area contributed by atoms with Gasteiger partial charge in [0.15, 0.2) is 0 Å². The monoisotopic (exact) mass is 340 g/mol. The number of rotatable bonds is 4. The Balaban J connectivity index is 0.00000176. The molecule has 0 radical (unpaired) electrons. The second-order valence-electron chi connectivity index (χ2n) is 5.55. The second-order valence-corrected chi connectivity index (χ2v) is 6.92. The van der Waals surface area contributed by atoms with Gasteiger partial charge in [-0.05, 0) is 24.6 Å². The van der Waals surface area contributed by atoms with Crippen LogP contribution in [0.1, 0.15) is 21.2 Å². The molecule has 0 unspecified atom stereocenters. The van der Waals surface area contributed by atoms with Gasteiger partial charge in [0, 0.05) is 42.0 Å². The molecule has 2 atom stereocenters. The fourth-order valence-electron chi connectivity index (χ4n) is 2.82. The van der Waals surface area contributed by atoms with Crippen LogP contribution in [-0.4, -0.2) is 28.8 Å². The van der Waals surface area contributed by atoms with Gasteiger partial charge in [-0.1, -0.05) is 0 Å². The molecule has 120 valence electrons. The molecule has 1 amide bonds. The van der Waals surface area contributed by atoms with Crippen molar-refractivity contribution in [1.29, 1.82) is 0 Å². The van der Waals surface area contributed by atoms with Crippen molar-refractivity contribution in [3.05, 3.63) is 39.8 Å². The van der Waals surface area contributed by atoms with Crippen LogP contribution in [0.15, 0.2) is 24.5 Å². The predicted molar refractivity (Wildman–Crippen MR) is 90.5 cm³/mol. The lowest BCUT2D eigenvalue weighted by Crippen LogP contribution is -2.33. The highest BCUT2D eigenvalue weighted by Gasteiger charge is 2.34. The summed E-state index contributed by atoms with van der Waals surface area (Å²) in [7, 11) is 1.90. The van der Waals surface area contributed by atoms with E-state index < -0.39 is 0 Å². The van der Waals surface area contributed by atoms with Crippen molar-refractivity contribution in [1.82, 2.24) is 20.4 Å². The van der Waals surface area contributed by atoms with Crippen LogP contribution < -0.4 is 10.6 Å². The summed E-state index contributed by atoms with van der Waals surface area (Å²) in [5, 5.41) is 10.6. The van der Waals surface area contributed by atoms with Crippen LogP contribution in [0.5, 0.6) is 0 Å². The van der Waals surface area contributed by atoms with Crippen molar-refractivity contribution in [3.63, 3.8) is 0 Å². The number of carbonyl (C=O) groups excluding carboxylic acids is 1. The first-order chi connectivity index (χ1) is 10.1. The third-order valence-corrected chi connectivity index (χ3v) is 4.94. The fraction of sp³-hybridized carbons (Fsp3) is 0.467. The average Bonchev–Trinajstić information content (AvgIpc) is 3.16. The Morgan fingerprint density at radius 1 is 1.50 bits per heavy atom. The van der Waals surface area contributed by atoms with Gasteiger partial charge in [-0.3, -0.25) is 9.48 Å². The zero-order chi connectivity index (χ0) is 14.8. The third-order valence-electron chi connectivity index (χ3n) is 3.94. The number of hydrogen-bond acceptors (Lipinski definition) is 4. The van der Waals surface area contributed by atoms with Gasteiger partial charge in [-0.25, -0.2) is 0 Å². The molecule has 5 nitrogen and oxygen atoms in total. The minimum atomic E-state index is -0.0183. The van der Waals surface area contributed by atoms with Crippen molar-refractivity contribution in [2.75, 3.05) is 13.1 Å². The molecule has 0 spiro atoms. The molecular formula is C15H21ClN4OS. The Bertz CT molecular complexity index is 639. The first-order valence-corrected chi connectivity index (χ1v) is 7.97. The minimum absolute atomic E-state index is 0. The molecular weight excluding hydrogens is 320 g/mol. The van der Waals surface area contributed by atoms with E-state index in [-0.39, 0.29) is 30.2 Å². The Morgan fingerprint density at radius 3 is 2.95 bits per heavy atom. The molecule has 2 N–H and O–H groups in total. The number of halogens is 1. The first kappa shape index (κ1) is 17.0. The van der Waals surface area contributed by atoms with Gasteiger partial charge in [0.05, 0.1) is 18.7 Å². The number of hydrogen-bond donors (Lipinski definition) is 2. The van der Waals surface area contributed by atoms with Gasteiger partial charge in [0.2, 0.25) is 5.91 Å². The molecule has 22 heavy (non-hydrogen) atoms. The van der Waals surface area contributed by atoms with Crippen LogP contribution in [0.4, 0.5) is 0 Å². The number of aromatic nitrogens is 2. The van der Waals surface area contributed by atoms with Crippen molar-refractivity contribution in [3.8, 4) is 0 Å². The number of thiophene rings is 1. The molecule has 0 aliphatic carbocycles. The Hall–Kier alpha value is -1.37. The summed E-state index contributed by atoms with van der Waals surface area (Å²) in [6, 6.07) is 4.16. The molecule has 2 aromatic heterocycles. The Labute approximate surface area is 140 Å². The quantitative estimate of drug-likeness (QED) is 0.892. The van der Waals surface area contributed by atoms with E-state index in [1.165, 1.54) is 9.75 Å². The normalized spacial score (nSPS) is 20.6. The fourth-order valence-corrected chi connectivity index (χ4v) is 3.65. The van der Waals surface area contributed by atoms with Crippen molar-refractivity contribution < 1.29 is 4.79 Å². The average molecular weight is 341 g/mol. The van der Waals surface area contributed by atoms with Crippen LogP contribution in [0.3, 0.4) is 0 Å². The van der Waals surface area contributed by atoms with Gasteiger partial charge in [-0.15, -0.1) is 23.7 Å². The lowest BCUT2D eigenvalue weighted by Gasteiger charge is -2.16. The molecule has 3 rings (SSSR count). The van der Waals surface area contributed by atoms with Crippen LogP contribution in [0.2, 0.25) is 0 Å². The molecule has 1 saturated heterocycles. The standard InChI is InChI=1S/C15H20N4OS.ClH/c1-10-3-4-12(21-10)6-17-15(20)14-8-16-7-13(14)11-5-18-19(2)9-11;/h3-5,9,13-14,16H,6-8H2,1-2H3,(H,17,20);1H/t13-,14+;/m1./s1. The number of nitrogens with zero attached hydrogens (tertiary/aromatic N) is 2. The summed E-state index contributed by atoms with van der Waals surface area (Å²) in [6.45, 7) is 4.26. The van der Waals surface area contributed by atoms with E-state index >= 15 is 0 Å². The van der Waals surface area contributed by atoms with Gasteiger partial charge in [-0.2, -0.15) is 5.10 Å². The topological polar surface area (TPSA) is 59.0 Å². The molecule has 1 aliphatic rings. The predicted octanol–water partition coefficient (Wildman–Crippen LogP) is 1.83. The zero-order valence-electron chi connectivity index (χ0n) is 12.7. The second kappa shape index (κ2) is 7.26. The lowest BCUT2D eigenvalue weighted by atomic mass is 9.90. The molecule has 3 heterocycles. The summed E-state index contributed by atoms with van der Waals surface area (Å²) in [4.78, 5) is 14.9. The number of aryl methyl sites for hydroxylation is 2.